The zero-order chi connectivity index (χ0) is 22.2. The largest absolute Gasteiger partial charge is 0.339 e. The second kappa shape index (κ2) is 8.48. The molecule has 0 N–H and O–H groups in total. The Hall–Kier alpha value is -3.04. The van der Waals surface area contributed by atoms with Crippen molar-refractivity contribution < 1.29 is 14.4 Å². The van der Waals surface area contributed by atoms with Crippen LogP contribution in [-0.2, 0) is 11.3 Å². The Bertz CT molecular complexity index is 1180. The Kier molecular flexibility index (Phi) is 5.52. The second-order valence-electron chi connectivity index (χ2n) is 8.03. The molecule has 2 aromatic carbocycles. The minimum Gasteiger partial charge on any atom is -0.339 e. The number of rotatable bonds is 5. The lowest BCUT2D eigenvalue weighted by Gasteiger charge is -2.35. The molecule has 3 amide bonds. The number of carbonyl (C=O) groups is 3. The fraction of sp³-hybridized carbons (Fsp3) is 0.304. The highest BCUT2D eigenvalue weighted by molar-refractivity contribution is 9.10. The number of amides is 3. The summed E-state index contributed by atoms with van der Waals surface area (Å²) in [6, 6.07) is 12.7. The molecule has 8 nitrogen and oxygen atoms in total. The minimum atomic E-state index is -0.393. The van der Waals surface area contributed by atoms with Gasteiger partial charge in [0.1, 0.15) is 6.54 Å². The SMILES string of the molecule is O=C(CN1C(=O)c2ccccc2C1=O)N1CCN(CCn2cc3c(Br)cccc3n2)CC1. The number of nitrogens with zero attached hydrogens (tertiary/aromatic N) is 5. The molecule has 5 rings (SSSR count). The van der Waals surface area contributed by atoms with Crippen molar-refractivity contribution >= 4 is 44.6 Å². The lowest BCUT2D eigenvalue weighted by Crippen LogP contribution is -2.52. The summed E-state index contributed by atoms with van der Waals surface area (Å²) in [5.41, 5.74) is 1.70. The van der Waals surface area contributed by atoms with Gasteiger partial charge in [-0.05, 0) is 24.3 Å². The third kappa shape index (κ3) is 3.82. The van der Waals surface area contributed by atoms with Gasteiger partial charge in [0.05, 0.1) is 23.2 Å². The molecular formula is C23H22BrN5O3. The van der Waals surface area contributed by atoms with Crippen LogP contribution >= 0.6 is 15.9 Å². The summed E-state index contributed by atoms with van der Waals surface area (Å²) in [5.74, 6) is -0.978. The molecule has 32 heavy (non-hydrogen) atoms. The van der Waals surface area contributed by atoms with Crippen molar-refractivity contribution in [1.82, 2.24) is 24.5 Å². The molecule has 0 bridgehead atoms. The van der Waals surface area contributed by atoms with E-state index in [0.29, 0.717) is 24.2 Å². The van der Waals surface area contributed by atoms with Crippen LogP contribution in [0.2, 0.25) is 0 Å². The standard InChI is InChI=1S/C23H22BrN5O3/c24-19-6-3-7-20-18(19)14-28(25-20)13-10-26-8-11-27(12-9-26)21(30)15-29-22(31)16-4-1-2-5-17(16)23(29)32/h1-7,14H,8-13,15H2. The van der Waals surface area contributed by atoms with Crippen molar-refractivity contribution in [3.63, 3.8) is 0 Å². The molecule has 1 fully saturated rings. The van der Waals surface area contributed by atoms with E-state index in [2.05, 4.69) is 25.9 Å². The Morgan fingerprint density at radius 3 is 2.25 bits per heavy atom. The lowest BCUT2D eigenvalue weighted by atomic mass is 10.1. The third-order valence-corrected chi connectivity index (χ3v) is 6.78. The second-order valence-corrected chi connectivity index (χ2v) is 8.88. The van der Waals surface area contributed by atoms with Gasteiger partial charge in [0, 0.05) is 48.8 Å². The van der Waals surface area contributed by atoms with Crippen LogP contribution in [0.15, 0.2) is 53.1 Å². The molecule has 3 heterocycles. The smallest absolute Gasteiger partial charge is 0.262 e. The first-order valence-electron chi connectivity index (χ1n) is 10.6. The van der Waals surface area contributed by atoms with Gasteiger partial charge in [-0.3, -0.25) is 28.9 Å². The predicted molar refractivity (Wildman–Crippen MR) is 122 cm³/mol. The van der Waals surface area contributed by atoms with Gasteiger partial charge in [-0.15, -0.1) is 0 Å². The summed E-state index contributed by atoms with van der Waals surface area (Å²) in [4.78, 5) is 42.8. The monoisotopic (exact) mass is 495 g/mol. The average Bonchev–Trinajstić information content (AvgIpc) is 3.34. The molecule has 1 aromatic heterocycles. The number of fused-ring (bicyclic) bond motifs is 2. The maximum absolute atomic E-state index is 12.8. The summed E-state index contributed by atoms with van der Waals surface area (Å²) in [6.45, 7) is 4.05. The first-order valence-corrected chi connectivity index (χ1v) is 11.4. The number of halogens is 1. The van der Waals surface area contributed by atoms with Crippen molar-refractivity contribution in [2.75, 3.05) is 39.3 Å². The van der Waals surface area contributed by atoms with Crippen LogP contribution < -0.4 is 0 Å². The van der Waals surface area contributed by atoms with Gasteiger partial charge in [0.2, 0.25) is 5.91 Å². The zero-order valence-electron chi connectivity index (χ0n) is 17.4. The van der Waals surface area contributed by atoms with Gasteiger partial charge >= 0.3 is 0 Å². The lowest BCUT2D eigenvalue weighted by molar-refractivity contribution is -0.133. The van der Waals surface area contributed by atoms with E-state index in [-0.39, 0.29) is 12.5 Å². The summed E-state index contributed by atoms with van der Waals surface area (Å²) >= 11 is 3.56. The molecule has 1 saturated heterocycles. The van der Waals surface area contributed by atoms with Crippen LogP contribution in [0.5, 0.6) is 0 Å². The Labute approximate surface area is 193 Å². The number of aromatic nitrogens is 2. The molecule has 3 aromatic rings. The summed E-state index contributed by atoms with van der Waals surface area (Å²) in [6.07, 6.45) is 2.04. The van der Waals surface area contributed by atoms with Gasteiger partial charge in [0.15, 0.2) is 0 Å². The maximum atomic E-state index is 12.8. The number of carbonyl (C=O) groups excluding carboxylic acids is 3. The van der Waals surface area contributed by atoms with Crippen LogP contribution in [0.3, 0.4) is 0 Å². The summed E-state index contributed by atoms with van der Waals surface area (Å²) in [5, 5.41) is 5.71. The highest BCUT2D eigenvalue weighted by atomic mass is 79.9. The Morgan fingerprint density at radius 2 is 1.59 bits per heavy atom. The number of benzene rings is 2. The molecule has 0 radical (unpaired) electrons. The topological polar surface area (TPSA) is 78.8 Å². The molecule has 0 atom stereocenters. The van der Waals surface area contributed by atoms with E-state index in [1.165, 1.54) is 0 Å². The molecular weight excluding hydrogens is 474 g/mol. The highest BCUT2D eigenvalue weighted by Crippen LogP contribution is 2.23. The first kappa shape index (κ1) is 20.8. The van der Waals surface area contributed by atoms with Crippen molar-refractivity contribution in [2.24, 2.45) is 0 Å². The third-order valence-electron chi connectivity index (χ3n) is 6.09. The molecule has 0 spiro atoms. The average molecular weight is 496 g/mol. The number of piperazine rings is 1. The number of hydrogen-bond acceptors (Lipinski definition) is 5. The maximum Gasteiger partial charge on any atom is 0.262 e. The summed E-state index contributed by atoms with van der Waals surface area (Å²) < 4.78 is 2.99. The molecule has 0 saturated carbocycles. The normalized spacial score (nSPS) is 16.8. The van der Waals surface area contributed by atoms with Crippen molar-refractivity contribution in [2.45, 2.75) is 6.54 Å². The predicted octanol–water partition coefficient (Wildman–Crippen LogP) is 2.24. The van der Waals surface area contributed by atoms with Crippen molar-refractivity contribution in [1.29, 1.82) is 0 Å². The zero-order valence-corrected chi connectivity index (χ0v) is 19.0. The molecule has 2 aliphatic heterocycles. The van der Waals surface area contributed by atoms with Crippen LogP contribution in [0.4, 0.5) is 0 Å². The van der Waals surface area contributed by atoms with Gasteiger partial charge in [-0.2, -0.15) is 5.10 Å². The number of hydrogen-bond donors (Lipinski definition) is 0. The molecule has 164 valence electrons. The number of imide groups is 1. The van der Waals surface area contributed by atoms with Crippen LogP contribution in [0.1, 0.15) is 20.7 Å². The van der Waals surface area contributed by atoms with E-state index in [9.17, 15) is 14.4 Å². The van der Waals surface area contributed by atoms with Crippen LogP contribution in [0.25, 0.3) is 10.9 Å². The minimum absolute atomic E-state index is 0.192. The van der Waals surface area contributed by atoms with Crippen molar-refractivity contribution in [3.05, 3.63) is 64.3 Å². The van der Waals surface area contributed by atoms with E-state index in [1.807, 2.05) is 29.1 Å². The Balaban J connectivity index is 1.13. The van der Waals surface area contributed by atoms with E-state index in [0.717, 1.165) is 46.5 Å². The quantitative estimate of drug-likeness (QED) is 0.507. The molecule has 2 aliphatic rings. The van der Waals surface area contributed by atoms with Crippen LogP contribution in [-0.4, -0.2) is 81.5 Å². The van der Waals surface area contributed by atoms with Crippen LogP contribution in [0, 0.1) is 0 Å². The van der Waals surface area contributed by atoms with E-state index < -0.39 is 11.8 Å². The van der Waals surface area contributed by atoms with E-state index in [1.54, 1.807) is 29.2 Å². The highest BCUT2D eigenvalue weighted by Gasteiger charge is 2.37. The van der Waals surface area contributed by atoms with Crippen molar-refractivity contribution in [3.8, 4) is 0 Å². The molecule has 0 aliphatic carbocycles. The molecule has 0 unspecified atom stereocenters. The fourth-order valence-corrected chi connectivity index (χ4v) is 4.71. The first-order chi connectivity index (χ1) is 15.5. The Morgan fingerprint density at radius 1 is 0.906 bits per heavy atom. The van der Waals surface area contributed by atoms with Gasteiger partial charge < -0.3 is 4.90 Å². The molecule has 9 heteroatoms. The fourth-order valence-electron chi connectivity index (χ4n) is 4.25. The summed E-state index contributed by atoms with van der Waals surface area (Å²) in [7, 11) is 0. The van der Waals surface area contributed by atoms with Gasteiger partial charge in [0.25, 0.3) is 11.8 Å². The van der Waals surface area contributed by atoms with Gasteiger partial charge in [-0.1, -0.05) is 34.1 Å². The van der Waals surface area contributed by atoms with E-state index in [4.69, 9.17) is 0 Å². The van der Waals surface area contributed by atoms with Gasteiger partial charge in [-0.25, -0.2) is 0 Å². The van der Waals surface area contributed by atoms with E-state index >= 15 is 0 Å².